The summed E-state index contributed by atoms with van der Waals surface area (Å²) in [5.74, 6) is -0.552. The Kier molecular flexibility index (Phi) is 5.17. The van der Waals surface area contributed by atoms with Gasteiger partial charge in [0, 0.05) is 18.9 Å². The zero-order valence-electron chi connectivity index (χ0n) is 14.6. The van der Waals surface area contributed by atoms with Gasteiger partial charge < -0.3 is 9.64 Å². The van der Waals surface area contributed by atoms with Gasteiger partial charge in [0.2, 0.25) is 5.91 Å². The number of methoxy groups -OCH3 is 1. The first-order valence-corrected chi connectivity index (χ1v) is 8.59. The first kappa shape index (κ1) is 17.2. The first-order chi connectivity index (χ1) is 12.1. The molecule has 0 saturated carbocycles. The number of carbonyl (C=O) groups excluding carboxylic acids is 2. The zero-order chi connectivity index (χ0) is 17.8. The number of esters is 1. The van der Waals surface area contributed by atoms with Gasteiger partial charge in [0.25, 0.3) is 0 Å². The number of nitrogens with zero attached hydrogens (tertiary/aromatic N) is 1. The van der Waals surface area contributed by atoms with Crippen LogP contribution in [0.4, 0.5) is 0 Å². The molecule has 2 atom stereocenters. The van der Waals surface area contributed by atoms with Gasteiger partial charge in [-0.25, -0.2) is 4.79 Å². The molecule has 3 rings (SSSR count). The largest absolute Gasteiger partial charge is 0.467 e. The molecule has 0 saturated heterocycles. The van der Waals surface area contributed by atoms with Gasteiger partial charge in [-0.05, 0) is 23.1 Å². The fourth-order valence-electron chi connectivity index (χ4n) is 3.44. The van der Waals surface area contributed by atoms with Crippen molar-refractivity contribution in [2.75, 3.05) is 7.11 Å². The van der Waals surface area contributed by atoms with E-state index in [1.54, 1.807) is 4.90 Å². The van der Waals surface area contributed by atoms with E-state index in [9.17, 15) is 9.59 Å². The van der Waals surface area contributed by atoms with Crippen molar-refractivity contribution >= 4 is 11.9 Å². The van der Waals surface area contributed by atoms with E-state index in [0.29, 0.717) is 19.4 Å². The van der Waals surface area contributed by atoms with Gasteiger partial charge in [-0.2, -0.15) is 0 Å². The minimum atomic E-state index is -0.550. The third-order valence-electron chi connectivity index (χ3n) is 4.81. The van der Waals surface area contributed by atoms with Gasteiger partial charge in [-0.3, -0.25) is 4.79 Å². The van der Waals surface area contributed by atoms with Crippen molar-refractivity contribution in [3.8, 4) is 0 Å². The van der Waals surface area contributed by atoms with Crippen LogP contribution >= 0.6 is 0 Å². The van der Waals surface area contributed by atoms with E-state index in [1.165, 1.54) is 7.11 Å². The second-order valence-electron chi connectivity index (χ2n) is 6.57. The van der Waals surface area contributed by atoms with E-state index >= 15 is 0 Å². The summed E-state index contributed by atoms with van der Waals surface area (Å²) in [5, 5.41) is 0. The van der Waals surface area contributed by atoms with Gasteiger partial charge in [0.1, 0.15) is 6.04 Å². The molecule has 1 amide bonds. The summed E-state index contributed by atoms with van der Waals surface area (Å²) < 4.78 is 4.95. The van der Waals surface area contributed by atoms with Crippen LogP contribution in [0.1, 0.15) is 23.6 Å². The summed E-state index contributed by atoms with van der Waals surface area (Å²) in [6, 6.07) is 17.4. The molecular formula is C21H23NO3. The number of ether oxygens (including phenoxy) is 1. The normalized spacial score (nSPS) is 17.5. The van der Waals surface area contributed by atoms with Crippen LogP contribution in [0.3, 0.4) is 0 Å². The summed E-state index contributed by atoms with van der Waals surface area (Å²) in [5.41, 5.74) is 3.33. The summed E-state index contributed by atoms with van der Waals surface area (Å²) >= 11 is 0. The lowest BCUT2D eigenvalue weighted by Gasteiger charge is -2.36. The summed E-state index contributed by atoms with van der Waals surface area (Å²) in [6.45, 7) is 2.37. The minimum Gasteiger partial charge on any atom is -0.467 e. The highest BCUT2D eigenvalue weighted by molar-refractivity contribution is 5.86. The van der Waals surface area contributed by atoms with Gasteiger partial charge >= 0.3 is 5.97 Å². The molecule has 0 N–H and O–H groups in total. The van der Waals surface area contributed by atoms with Crippen molar-refractivity contribution < 1.29 is 14.3 Å². The zero-order valence-corrected chi connectivity index (χ0v) is 14.6. The van der Waals surface area contributed by atoms with Crippen molar-refractivity contribution in [2.24, 2.45) is 5.92 Å². The van der Waals surface area contributed by atoms with Crippen LogP contribution in [0.5, 0.6) is 0 Å². The Balaban J connectivity index is 1.82. The number of rotatable bonds is 4. The molecule has 4 nitrogen and oxygen atoms in total. The number of fused-ring (bicyclic) bond motifs is 1. The Labute approximate surface area is 148 Å². The molecule has 0 aliphatic carbocycles. The Bertz CT molecular complexity index is 757. The SMILES string of the molecule is COC(=O)[C@@H]1Cc2ccccc2CN1C(=O)[C@H](C)Cc1ccccc1. The van der Waals surface area contributed by atoms with Crippen LogP contribution in [-0.2, 0) is 33.7 Å². The molecule has 1 aliphatic heterocycles. The number of benzene rings is 2. The number of carbonyl (C=O) groups is 2. The average molecular weight is 337 g/mol. The second kappa shape index (κ2) is 7.51. The van der Waals surface area contributed by atoms with Crippen LogP contribution in [0.2, 0.25) is 0 Å². The lowest BCUT2D eigenvalue weighted by molar-refractivity contribution is -0.155. The molecule has 0 aromatic heterocycles. The Morgan fingerprint density at radius 3 is 2.40 bits per heavy atom. The maximum atomic E-state index is 13.1. The molecule has 2 aromatic carbocycles. The van der Waals surface area contributed by atoms with Crippen molar-refractivity contribution in [2.45, 2.75) is 32.4 Å². The van der Waals surface area contributed by atoms with Crippen LogP contribution in [-0.4, -0.2) is 29.9 Å². The van der Waals surface area contributed by atoms with E-state index in [0.717, 1.165) is 16.7 Å². The van der Waals surface area contributed by atoms with Gasteiger partial charge in [-0.15, -0.1) is 0 Å². The molecule has 2 aromatic rings. The van der Waals surface area contributed by atoms with Crippen LogP contribution in [0.15, 0.2) is 54.6 Å². The molecule has 0 unspecified atom stereocenters. The molecule has 1 aliphatic rings. The van der Waals surface area contributed by atoms with Gasteiger partial charge in [0.15, 0.2) is 0 Å². The summed E-state index contributed by atoms with van der Waals surface area (Å²) in [4.78, 5) is 27.0. The molecule has 0 fully saturated rings. The highest BCUT2D eigenvalue weighted by Crippen LogP contribution is 2.26. The first-order valence-electron chi connectivity index (χ1n) is 8.59. The quantitative estimate of drug-likeness (QED) is 0.806. The van der Waals surface area contributed by atoms with Crippen molar-refractivity contribution in [3.05, 3.63) is 71.3 Å². The number of hydrogen-bond donors (Lipinski definition) is 0. The van der Waals surface area contributed by atoms with Crippen molar-refractivity contribution in [1.82, 2.24) is 4.90 Å². The lowest BCUT2D eigenvalue weighted by atomic mass is 9.91. The molecule has 1 heterocycles. The van der Waals surface area contributed by atoms with E-state index in [4.69, 9.17) is 4.74 Å². The number of amides is 1. The maximum Gasteiger partial charge on any atom is 0.328 e. The van der Waals surface area contributed by atoms with Gasteiger partial charge in [-0.1, -0.05) is 61.5 Å². The van der Waals surface area contributed by atoms with E-state index in [-0.39, 0.29) is 17.8 Å². The molecule has 25 heavy (non-hydrogen) atoms. The van der Waals surface area contributed by atoms with Gasteiger partial charge in [0.05, 0.1) is 7.11 Å². The van der Waals surface area contributed by atoms with Crippen LogP contribution < -0.4 is 0 Å². The van der Waals surface area contributed by atoms with E-state index in [2.05, 4.69) is 0 Å². The molecule has 0 spiro atoms. The van der Waals surface area contributed by atoms with Crippen LogP contribution in [0, 0.1) is 5.92 Å². The second-order valence-corrected chi connectivity index (χ2v) is 6.57. The fourth-order valence-corrected chi connectivity index (χ4v) is 3.44. The fraction of sp³-hybridized carbons (Fsp3) is 0.333. The maximum absolute atomic E-state index is 13.1. The Morgan fingerprint density at radius 1 is 1.08 bits per heavy atom. The highest BCUT2D eigenvalue weighted by Gasteiger charge is 2.36. The molecule has 130 valence electrons. The predicted octanol–water partition coefficient (Wildman–Crippen LogP) is 2.99. The summed E-state index contributed by atoms with van der Waals surface area (Å²) in [7, 11) is 1.37. The highest BCUT2D eigenvalue weighted by atomic mass is 16.5. The van der Waals surface area contributed by atoms with E-state index < -0.39 is 6.04 Å². The average Bonchev–Trinajstić information content (AvgIpc) is 2.66. The summed E-state index contributed by atoms with van der Waals surface area (Å²) in [6.07, 6.45) is 1.17. The topological polar surface area (TPSA) is 46.6 Å². The third-order valence-corrected chi connectivity index (χ3v) is 4.81. The monoisotopic (exact) mass is 337 g/mol. The van der Waals surface area contributed by atoms with Crippen molar-refractivity contribution in [1.29, 1.82) is 0 Å². The van der Waals surface area contributed by atoms with Crippen LogP contribution in [0.25, 0.3) is 0 Å². The molecule has 4 heteroatoms. The number of hydrogen-bond acceptors (Lipinski definition) is 3. The Hall–Kier alpha value is -2.62. The molecular weight excluding hydrogens is 314 g/mol. The predicted molar refractivity (Wildman–Crippen MR) is 95.8 cm³/mol. The smallest absolute Gasteiger partial charge is 0.328 e. The molecule has 0 radical (unpaired) electrons. The van der Waals surface area contributed by atoms with E-state index in [1.807, 2.05) is 61.5 Å². The lowest BCUT2D eigenvalue weighted by Crippen LogP contribution is -2.51. The Morgan fingerprint density at radius 2 is 1.72 bits per heavy atom. The minimum absolute atomic E-state index is 0.00578. The third kappa shape index (κ3) is 3.73. The molecule has 0 bridgehead atoms. The van der Waals surface area contributed by atoms with Crippen molar-refractivity contribution in [3.63, 3.8) is 0 Å². The standard InChI is InChI=1S/C21H23NO3/c1-15(12-16-8-4-3-5-9-16)20(23)22-14-18-11-7-6-10-17(18)13-19(22)21(24)25-2/h3-11,15,19H,12-14H2,1-2H3/t15-,19+/m1/s1.